The van der Waals surface area contributed by atoms with Crippen LogP contribution in [0.2, 0.25) is 0 Å². The van der Waals surface area contributed by atoms with Gasteiger partial charge in [-0.3, -0.25) is 0 Å². The topological polar surface area (TPSA) is 26.0 Å². The lowest BCUT2D eigenvalue weighted by Crippen LogP contribution is -2.94. The number of rotatable bonds is 0. The van der Waals surface area contributed by atoms with Crippen LogP contribution in [-0.2, 0) is 0 Å². The van der Waals surface area contributed by atoms with E-state index in [4.69, 9.17) is 5.73 Å². The van der Waals surface area contributed by atoms with Gasteiger partial charge in [0.25, 0.3) is 0 Å². The molecule has 8 unspecified atom stereocenters. The second-order valence-corrected chi connectivity index (χ2v) is 5.29. The van der Waals surface area contributed by atoms with Crippen molar-refractivity contribution in [3.8, 4) is 0 Å². The molecule has 2 bridgehead atoms. The van der Waals surface area contributed by atoms with Crippen LogP contribution in [0.15, 0.2) is 0 Å². The van der Waals surface area contributed by atoms with Crippen molar-refractivity contribution in [2.24, 2.45) is 47.2 Å². The smallest absolute Gasteiger partial charge is 0.0254 e. The summed E-state index contributed by atoms with van der Waals surface area (Å²) < 4.78 is 0. The molecule has 0 aromatic rings. The van der Waals surface area contributed by atoms with Crippen molar-refractivity contribution >= 4 is 0 Å². The van der Waals surface area contributed by atoms with Crippen LogP contribution < -0.4 is 5.73 Å². The van der Waals surface area contributed by atoms with Crippen molar-refractivity contribution in [2.45, 2.75) is 12.0 Å². The molecule has 6 aliphatic rings. The monoisotopic (exact) mass is 133 g/mol. The third-order valence-corrected chi connectivity index (χ3v) is 5.88. The van der Waals surface area contributed by atoms with Crippen molar-refractivity contribution in [3.05, 3.63) is 0 Å². The first-order chi connectivity index (χ1) is 4.85. The van der Waals surface area contributed by atoms with E-state index < -0.39 is 0 Å². The summed E-state index contributed by atoms with van der Waals surface area (Å²) in [6.07, 6.45) is 1.53. The Labute approximate surface area is 60.0 Å². The predicted octanol–water partition coefficient (Wildman–Crippen LogP) is 0.455. The molecule has 0 aromatic carbocycles. The predicted molar refractivity (Wildman–Crippen MR) is 36.0 cm³/mol. The molecule has 6 saturated carbocycles. The Kier molecular flexibility index (Phi) is 0.298. The van der Waals surface area contributed by atoms with Gasteiger partial charge < -0.3 is 5.73 Å². The first-order valence-electron chi connectivity index (χ1n) is 4.64. The Hall–Kier alpha value is -0.0400. The molecule has 0 aliphatic heterocycles. The first-order valence-corrected chi connectivity index (χ1v) is 4.64. The van der Waals surface area contributed by atoms with Gasteiger partial charge in [0.1, 0.15) is 0 Å². The molecule has 6 rings (SSSR count). The van der Waals surface area contributed by atoms with Crippen molar-refractivity contribution in [1.29, 1.82) is 0 Å². The lowest BCUT2D eigenvalue weighted by molar-refractivity contribution is -0.390. The lowest BCUT2D eigenvalue weighted by atomic mass is 9.17. The highest BCUT2D eigenvalue weighted by Crippen LogP contribution is 2.95. The summed E-state index contributed by atoms with van der Waals surface area (Å²) in [4.78, 5) is 0. The minimum absolute atomic E-state index is 0.439. The molecule has 0 heterocycles. The van der Waals surface area contributed by atoms with Gasteiger partial charge >= 0.3 is 0 Å². The fourth-order valence-corrected chi connectivity index (χ4v) is 5.92. The summed E-state index contributed by atoms with van der Waals surface area (Å²) in [5.74, 6) is 7.77. The molecule has 0 amide bonds. The number of nitrogens with two attached hydrogens (primary N) is 1. The Bertz CT molecular complexity index is 264. The van der Waals surface area contributed by atoms with Gasteiger partial charge in [0, 0.05) is 5.54 Å². The maximum Gasteiger partial charge on any atom is 0.0254 e. The van der Waals surface area contributed by atoms with Gasteiger partial charge in [-0.15, -0.1) is 0 Å². The molecule has 0 radical (unpaired) electrons. The highest BCUT2D eigenvalue weighted by atomic mass is 15.1. The summed E-state index contributed by atoms with van der Waals surface area (Å²) in [5, 5.41) is 0. The standard InChI is InChI=1S/C9H11N/c10-9-3-1-2-4-5(3)8(9)6(4)7(2)9/h2-8H,1,10H2. The van der Waals surface area contributed by atoms with Crippen LogP contribution in [0.25, 0.3) is 0 Å². The maximum absolute atomic E-state index is 6.34. The van der Waals surface area contributed by atoms with E-state index in [-0.39, 0.29) is 0 Å². The summed E-state index contributed by atoms with van der Waals surface area (Å²) in [6, 6.07) is 0. The van der Waals surface area contributed by atoms with Gasteiger partial charge in [0.2, 0.25) is 0 Å². The minimum atomic E-state index is 0.439. The molecule has 6 fully saturated rings. The van der Waals surface area contributed by atoms with E-state index >= 15 is 0 Å². The molecule has 1 heteroatoms. The molecule has 6 aliphatic carbocycles. The van der Waals surface area contributed by atoms with E-state index in [1.165, 1.54) is 18.3 Å². The Morgan fingerprint density at radius 2 is 2.00 bits per heavy atom. The summed E-state index contributed by atoms with van der Waals surface area (Å²) in [6.45, 7) is 0. The number of hydrogen-bond acceptors (Lipinski definition) is 1. The largest absolute Gasteiger partial charge is 0.324 e. The molecule has 8 atom stereocenters. The molecular formula is C9H11N. The number of hydrogen-bond donors (Lipinski definition) is 1. The van der Waals surface area contributed by atoms with Crippen molar-refractivity contribution in [2.75, 3.05) is 0 Å². The first kappa shape index (κ1) is 4.10. The second-order valence-electron chi connectivity index (χ2n) is 5.29. The molecule has 0 spiro atoms. The Morgan fingerprint density at radius 3 is 2.50 bits per heavy atom. The van der Waals surface area contributed by atoms with Gasteiger partial charge in [-0.25, -0.2) is 0 Å². The second kappa shape index (κ2) is 0.726. The van der Waals surface area contributed by atoms with Crippen LogP contribution in [0, 0.1) is 41.4 Å². The quantitative estimate of drug-likeness (QED) is 0.510. The van der Waals surface area contributed by atoms with E-state index in [2.05, 4.69) is 0 Å². The van der Waals surface area contributed by atoms with E-state index in [0.717, 1.165) is 29.6 Å². The van der Waals surface area contributed by atoms with Gasteiger partial charge in [-0.2, -0.15) is 0 Å². The van der Waals surface area contributed by atoms with Gasteiger partial charge in [0.05, 0.1) is 0 Å². The van der Waals surface area contributed by atoms with Crippen LogP contribution in [0.3, 0.4) is 0 Å². The third-order valence-electron chi connectivity index (χ3n) is 5.88. The lowest BCUT2D eigenvalue weighted by Gasteiger charge is -2.89. The molecule has 0 aromatic heterocycles. The Balaban J connectivity index is 1.92. The van der Waals surface area contributed by atoms with Crippen LogP contribution in [0.4, 0.5) is 0 Å². The van der Waals surface area contributed by atoms with Gasteiger partial charge in [0.15, 0.2) is 0 Å². The highest BCUT2D eigenvalue weighted by molar-refractivity contribution is 5.46. The summed E-state index contributed by atoms with van der Waals surface area (Å²) >= 11 is 0. The van der Waals surface area contributed by atoms with Crippen molar-refractivity contribution in [1.82, 2.24) is 0 Å². The normalized spacial score (nSPS) is 97.5. The molecule has 10 heavy (non-hydrogen) atoms. The van der Waals surface area contributed by atoms with Gasteiger partial charge in [-0.05, 0) is 47.8 Å². The zero-order chi connectivity index (χ0) is 6.25. The minimum Gasteiger partial charge on any atom is -0.324 e. The van der Waals surface area contributed by atoms with Crippen molar-refractivity contribution in [3.63, 3.8) is 0 Å². The fourth-order valence-electron chi connectivity index (χ4n) is 5.92. The van der Waals surface area contributed by atoms with Crippen LogP contribution >= 0.6 is 0 Å². The molecular weight excluding hydrogens is 122 g/mol. The highest BCUT2D eigenvalue weighted by Gasteiger charge is 2.96. The Morgan fingerprint density at radius 1 is 1.10 bits per heavy atom. The van der Waals surface area contributed by atoms with Crippen LogP contribution in [0.1, 0.15) is 6.42 Å². The van der Waals surface area contributed by atoms with E-state index in [0.29, 0.717) is 5.54 Å². The van der Waals surface area contributed by atoms with E-state index in [1.54, 1.807) is 0 Å². The average Bonchev–Trinajstić information content (AvgIpc) is 2.18. The summed E-state index contributed by atoms with van der Waals surface area (Å²) in [7, 11) is 0. The zero-order valence-electron chi connectivity index (χ0n) is 5.83. The van der Waals surface area contributed by atoms with E-state index in [1.807, 2.05) is 0 Å². The van der Waals surface area contributed by atoms with Crippen LogP contribution in [0.5, 0.6) is 0 Å². The third kappa shape index (κ3) is 0.132. The molecule has 2 N–H and O–H groups in total. The SMILES string of the molecule is NC12C3CC4C5C3C1C5C42. The summed E-state index contributed by atoms with van der Waals surface area (Å²) in [5.41, 5.74) is 6.78. The van der Waals surface area contributed by atoms with Gasteiger partial charge in [-0.1, -0.05) is 0 Å². The molecule has 0 saturated heterocycles. The van der Waals surface area contributed by atoms with Crippen LogP contribution in [-0.4, -0.2) is 5.54 Å². The zero-order valence-corrected chi connectivity index (χ0v) is 5.83. The maximum atomic E-state index is 6.34. The van der Waals surface area contributed by atoms with E-state index in [9.17, 15) is 0 Å². The van der Waals surface area contributed by atoms with Crippen molar-refractivity contribution < 1.29 is 0 Å². The molecule has 52 valence electrons. The molecule has 1 nitrogen and oxygen atoms in total. The average molecular weight is 133 g/mol. The fraction of sp³-hybridized carbons (Fsp3) is 1.00.